The second-order valence-electron chi connectivity index (χ2n) is 3.30. The van der Waals surface area contributed by atoms with Crippen molar-refractivity contribution in [2.45, 2.75) is 16.3 Å². The summed E-state index contributed by atoms with van der Waals surface area (Å²) in [4.78, 5) is 11.5. The van der Waals surface area contributed by atoms with Crippen LogP contribution >= 0.6 is 34.8 Å². The summed E-state index contributed by atoms with van der Waals surface area (Å²) in [6.45, 7) is 0. The lowest BCUT2D eigenvalue weighted by Gasteiger charge is -2.29. The molecule has 80 valence electrons. The smallest absolute Gasteiger partial charge is 0.338 e. The van der Waals surface area contributed by atoms with E-state index in [2.05, 4.69) is 0 Å². The normalized spacial score (nSPS) is 20.7. The molecule has 0 saturated heterocycles. The summed E-state index contributed by atoms with van der Waals surface area (Å²) in [6.07, 6.45) is -0.289. The third-order valence-electron chi connectivity index (χ3n) is 2.26. The van der Waals surface area contributed by atoms with Gasteiger partial charge in [-0.05, 0) is 11.6 Å². The number of fused-ring (bicyclic) bond motifs is 1. The molecule has 5 heteroatoms. The first-order valence-corrected chi connectivity index (χ1v) is 5.47. The van der Waals surface area contributed by atoms with E-state index in [0.717, 1.165) is 5.56 Å². The lowest BCUT2D eigenvalue weighted by atomic mass is 9.99. The van der Waals surface area contributed by atoms with Gasteiger partial charge in [0, 0.05) is 6.42 Å². The second-order valence-corrected chi connectivity index (χ2v) is 5.67. The van der Waals surface area contributed by atoms with Crippen LogP contribution in [0.15, 0.2) is 24.3 Å². The van der Waals surface area contributed by atoms with Gasteiger partial charge in [0.2, 0.25) is 3.79 Å². The van der Waals surface area contributed by atoms with Crippen LogP contribution in [-0.4, -0.2) is 15.9 Å². The topological polar surface area (TPSA) is 26.3 Å². The SMILES string of the molecule is O=C1O[C@H](C(Cl)(Cl)Cl)Cc2ccccc21. The van der Waals surface area contributed by atoms with Gasteiger partial charge in [0.1, 0.15) is 0 Å². The zero-order chi connectivity index (χ0) is 11.1. The van der Waals surface area contributed by atoms with Crippen molar-refractivity contribution in [2.75, 3.05) is 0 Å². The quantitative estimate of drug-likeness (QED) is 0.532. The Morgan fingerprint density at radius 2 is 1.93 bits per heavy atom. The number of benzene rings is 1. The van der Waals surface area contributed by atoms with E-state index in [9.17, 15) is 4.79 Å². The van der Waals surface area contributed by atoms with Crippen LogP contribution in [0.4, 0.5) is 0 Å². The Bertz CT molecular complexity index is 398. The predicted octanol–water partition coefficient (Wildman–Crippen LogP) is 3.14. The number of carbonyl (C=O) groups excluding carboxylic acids is 1. The van der Waals surface area contributed by atoms with Crippen molar-refractivity contribution in [1.82, 2.24) is 0 Å². The van der Waals surface area contributed by atoms with Gasteiger partial charge >= 0.3 is 5.97 Å². The van der Waals surface area contributed by atoms with Gasteiger partial charge in [0.05, 0.1) is 5.56 Å². The van der Waals surface area contributed by atoms with Crippen molar-refractivity contribution >= 4 is 40.8 Å². The van der Waals surface area contributed by atoms with E-state index < -0.39 is 15.9 Å². The van der Waals surface area contributed by atoms with E-state index in [4.69, 9.17) is 39.5 Å². The lowest BCUT2D eigenvalue weighted by Crippen LogP contribution is -2.37. The molecule has 0 aromatic heterocycles. The summed E-state index contributed by atoms with van der Waals surface area (Å²) < 4.78 is 3.46. The number of hydrogen-bond donors (Lipinski definition) is 0. The van der Waals surface area contributed by atoms with Gasteiger partial charge < -0.3 is 4.74 Å². The van der Waals surface area contributed by atoms with Gasteiger partial charge in [-0.25, -0.2) is 4.79 Å². The summed E-state index contributed by atoms with van der Waals surface area (Å²) in [5.41, 5.74) is 1.40. The van der Waals surface area contributed by atoms with Crippen LogP contribution in [0.1, 0.15) is 15.9 Å². The molecular weight excluding hydrogens is 258 g/mol. The van der Waals surface area contributed by atoms with Crippen LogP contribution in [0.2, 0.25) is 0 Å². The summed E-state index contributed by atoms with van der Waals surface area (Å²) >= 11 is 17.1. The Morgan fingerprint density at radius 1 is 1.27 bits per heavy atom. The summed E-state index contributed by atoms with van der Waals surface area (Å²) in [7, 11) is 0. The number of carbonyl (C=O) groups is 1. The van der Waals surface area contributed by atoms with Crippen molar-refractivity contribution < 1.29 is 9.53 Å². The van der Waals surface area contributed by atoms with E-state index in [1.165, 1.54) is 0 Å². The Morgan fingerprint density at radius 3 is 2.60 bits per heavy atom. The monoisotopic (exact) mass is 264 g/mol. The molecule has 1 aromatic rings. The zero-order valence-electron chi connectivity index (χ0n) is 7.54. The number of esters is 1. The molecule has 0 bridgehead atoms. The third-order valence-corrected chi connectivity index (χ3v) is 2.99. The summed E-state index contributed by atoms with van der Waals surface area (Å²) in [5.74, 6) is -0.437. The maximum Gasteiger partial charge on any atom is 0.338 e. The van der Waals surface area contributed by atoms with Gasteiger partial charge in [0.25, 0.3) is 0 Å². The average Bonchev–Trinajstić information content (AvgIpc) is 2.16. The Kier molecular flexibility index (Phi) is 2.84. The van der Waals surface area contributed by atoms with Crippen molar-refractivity contribution in [3.05, 3.63) is 35.4 Å². The van der Waals surface area contributed by atoms with Crippen LogP contribution in [0, 0.1) is 0 Å². The van der Waals surface area contributed by atoms with Crippen LogP contribution in [-0.2, 0) is 11.2 Å². The largest absolute Gasteiger partial charge is 0.454 e. The van der Waals surface area contributed by atoms with Gasteiger partial charge in [0.15, 0.2) is 6.10 Å². The Labute approximate surface area is 102 Å². The number of halogens is 3. The standard InChI is InChI=1S/C10H7Cl3O2/c11-10(12,13)8-5-6-3-1-2-4-7(6)9(14)15-8/h1-4,8H,5H2/t8-/m0/s1. The molecule has 0 N–H and O–H groups in total. The first-order chi connectivity index (χ1) is 6.98. The molecule has 0 unspecified atom stereocenters. The third kappa shape index (κ3) is 2.22. The summed E-state index contributed by atoms with van der Waals surface area (Å²) in [6, 6.07) is 7.15. The zero-order valence-corrected chi connectivity index (χ0v) is 9.81. The highest BCUT2D eigenvalue weighted by Gasteiger charge is 2.39. The van der Waals surface area contributed by atoms with Crippen molar-refractivity contribution in [3.8, 4) is 0 Å². The van der Waals surface area contributed by atoms with Crippen LogP contribution in [0.3, 0.4) is 0 Å². The molecule has 2 nitrogen and oxygen atoms in total. The minimum Gasteiger partial charge on any atom is -0.454 e. The van der Waals surface area contributed by atoms with Crippen molar-refractivity contribution in [1.29, 1.82) is 0 Å². The molecule has 0 amide bonds. The molecule has 0 spiro atoms. The molecule has 1 aliphatic rings. The van der Waals surface area contributed by atoms with E-state index in [-0.39, 0.29) is 0 Å². The van der Waals surface area contributed by atoms with Gasteiger partial charge in [-0.1, -0.05) is 53.0 Å². The minimum atomic E-state index is -1.58. The van der Waals surface area contributed by atoms with Gasteiger partial charge in [-0.3, -0.25) is 0 Å². The minimum absolute atomic E-state index is 0.429. The summed E-state index contributed by atoms with van der Waals surface area (Å²) in [5, 5.41) is 0. The fraction of sp³-hybridized carbons (Fsp3) is 0.300. The maximum absolute atomic E-state index is 11.5. The van der Waals surface area contributed by atoms with Crippen LogP contribution in [0.25, 0.3) is 0 Å². The first-order valence-electron chi connectivity index (χ1n) is 4.34. The molecule has 15 heavy (non-hydrogen) atoms. The van der Waals surface area contributed by atoms with E-state index in [1.807, 2.05) is 12.1 Å². The van der Waals surface area contributed by atoms with Crippen LogP contribution in [0.5, 0.6) is 0 Å². The number of hydrogen-bond acceptors (Lipinski definition) is 2. The van der Waals surface area contributed by atoms with E-state index in [0.29, 0.717) is 12.0 Å². The number of rotatable bonds is 0. The molecule has 0 radical (unpaired) electrons. The molecule has 2 rings (SSSR count). The highest BCUT2D eigenvalue weighted by Crippen LogP contribution is 2.37. The molecule has 0 fully saturated rings. The fourth-order valence-electron chi connectivity index (χ4n) is 1.51. The molecule has 1 heterocycles. The second kappa shape index (κ2) is 3.85. The number of alkyl halides is 3. The van der Waals surface area contributed by atoms with E-state index in [1.54, 1.807) is 12.1 Å². The Balaban J connectivity index is 2.35. The molecular formula is C10H7Cl3O2. The van der Waals surface area contributed by atoms with Crippen molar-refractivity contribution in [2.24, 2.45) is 0 Å². The molecule has 1 aliphatic heterocycles. The number of ether oxygens (including phenoxy) is 1. The highest BCUT2D eigenvalue weighted by molar-refractivity contribution is 6.68. The average molecular weight is 266 g/mol. The molecule has 0 saturated carbocycles. The van der Waals surface area contributed by atoms with Gasteiger partial charge in [-0.15, -0.1) is 0 Å². The Hall–Kier alpha value is -0.440. The fourth-order valence-corrected chi connectivity index (χ4v) is 1.88. The van der Waals surface area contributed by atoms with Gasteiger partial charge in [-0.2, -0.15) is 0 Å². The predicted molar refractivity (Wildman–Crippen MR) is 59.6 cm³/mol. The van der Waals surface area contributed by atoms with Crippen LogP contribution < -0.4 is 0 Å². The highest BCUT2D eigenvalue weighted by atomic mass is 35.6. The lowest BCUT2D eigenvalue weighted by molar-refractivity contribution is 0.0267. The maximum atomic E-state index is 11.5. The molecule has 0 aliphatic carbocycles. The van der Waals surface area contributed by atoms with Crippen molar-refractivity contribution in [3.63, 3.8) is 0 Å². The molecule has 1 aromatic carbocycles. The number of cyclic esters (lactones) is 1. The molecule has 1 atom stereocenters. The first kappa shape index (κ1) is 11.1. The van der Waals surface area contributed by atoms with E-state index >= 15 is 0 Å².